The first-order valence-corrected chi connectivity index (χ1v) is 10.4. The largest absolute Gasteiger partial charge is 0.445 e. The van der Waals surface area contributed by atoms with E-state index >= 15 is 0 Å². The van der Waals surface area contributed by atoms with E-state index < -0.39 is 28.7 Å². The highest BCUT2D eigenvalue weighted by Crippen LogP contribution is 2.37. The van der Waals surface area contributed by atoms with Crippen LogP contribution in [0.4, 0.5) is 22.0 Å². The fraction of sp³-hybridized carbons (Fsp3) is 0.0952. The summed E-state index contributed by atoms with van der Waals surface area (Å²) in [4.78, 5) is 16.4. The lowest BCUT2D eigenvalue weighted by Crippen LogP contribution is -2.20. The van der Waals surface area contributed by atoms with Crippen molar-refractivity contribution in [3.8, 4) is 11.3 Å². The molecule has 0 fully saturated rings. The minimum Gasteiger partial charge on any atom is -0.348 e. The van der Waals surface area contributed by atoms with Gasteiger partial charge in [0.05, 0.1) is 10.7 Å². The molecule has 1 N–H and O–H groups in total. The molecule has 4 rings (SSSR count). The van der Waals surface area contributed by atoms with E-state index in [-0.39, 0.29) is 33.5 Å². The molecule has 170 valence electrons. The SMILES string of the molecule is O=C(C=Cc1c(-c2ccc(F)cc2Cl)nc2sc(C(F)(F)F)nn12)NCc1ccc(F)cc1. The van der Waals surface area contributed by atoms with E-state index in [0.29, 0.717) is 16.9 Å². The minimum atomic E-state index is -4.67. The van der Waals surface area contributed by atoms with E-state index in [4.69, 9.17) is 11.6 Å². The molecule has 0 aliphatic rings. The lowest BCUT2D eigenvalue weighted by Gasteiger charge is -2.04. The van der Waals surface area contributed by atoms with Gasteiger partial charge >= 0.3 is 6.18 Å². The first kappa shape index (κ1) is 22.9. The van der Waals surface area contributed by atoms with Gasteiger partial charge in [0.1, 0.15) is 17.3 Å². The summed E-state index contributed by atoms with van der Waals surface area (Å²) in [7, 11) is 0. The van der Waals surface area contributed by atoms with E-state index in [1.807, 2.05) is 0 Å². The van der Waals surface area contributed by atoms with Crippen LogP contribution in [0.2, 0.25) is 5.02 Å². The Hall–Kier alpha value is -3.31. The van der Waals surface area contributed by atoms with Gasteiger partial charge in [-0.25, -0.2) is 18.3 Å². The number of imidazole rings is 1. The van der Waals surface area contributed by atoms with Gasteiger partial charge in [-0.15, -0.1) is 5.10 Å². The van der Waals surface area contributed by atoms with Gasteiger partial charge in [-0.3, -0.25) is 4.79 Å². The highest BCUT2D eigenvalue weighted by atomic mass is 35.5. The van der Waals surface area contributed by atoms with Crippen LogP contribution in [0.25, 0.3) is 22.3 Å². The molecule has 0 bridgehead atoms. The monoisotopic (exact) mass is 498 g/mol. The average Bonchev–Trinajstić information content (AvgIpc) is 3.30. The van der Waals surface area contributed by atoms with Crippen LogP contribution in [-0.4, -0.2) is 20.5 Å². The van der Waals surface area contributed by atoms with Gasteiger partial charge in [-0.05, 0) is 42.0 Å². The summed E-state index contributed by atoms with van der Waals surface area (Å²) in [5.74, 6) is -1.57. The van der Waals surface area contributed by atoms with Gasteiger partial charge in [0.2, 0.25) is 15.9 Å². The first-order chi connectivity index (χ1) is 15.6. The topological polar surface area (TPSA) is 59.3 Å². The molecule has 0 radical (unpaired) electrons. The lowest BCUT2D eigenvalue weighted by atomic mass is 10.1. The number of amides is 1. The van der Waals surface area contributed by atoms with Crippen molar-refractivity contribution in [3.63, 3.8) is 0 Å². The van der Waals surface area contributed by atoms with Crippen LogP contribution < -0.4 is 5.32 Å². The van der Waals surface area contributed by atoms with E-state index in [1.54, 1.807) is 0 Å². The highest BCUT2D eigenvalue weighted by molar-refractivity contribution is 7.16. The van der Waals surface area contributed by atoms with Crippen molar-refractivity contribution >= 4 is 39.9 Å². The fourth-order valence-electron chi connectivity index (χ4n) is 2.91. The number of benzene rings is 2. The molecule has 2 aromatic carbocycles. The van der Waals surface area contributed by atoms with Crippen LogP contribution in [0.1, 0.15) is 16.3 Å². The quantitative estimate of drug-likeness (QED) is 0.282. The number of carbonyl (C=O) groups excluding carboxylic acids is 1. The second-order valence-corrected chi connectivity index (χ2v) is 8.11. The number of hydrogen-bond acceptors (Lipinski definition) is 4. The third kappa shape index (κ3) is 5.04. The smallest absolute Gasteiger partial charge is 0.348 e. The Kier molecular flexibility index (Phi) is 6.17. The van der Waals surface area contributed by atoms with E-state index in [0.717, 1.165) is 22.7 Å². The fourth-order valence-corrected chi connectivity index (χ4v) is 3.94. The highest BCUT2D eigenvalue weighted by Gasteiger charge is 2.36. The molecule has 2 heterocycles. The molecule has 1 amide bonds. The molecule has 0 aliphatic carbocycles. The maximum atomic E-state index is 13.5. The molecule has 0 aliphatic heterocycles. The summed E-state index contributed by atoms with van der Waals surface area (Å²) < 4.78 is 66.7. The van der Waals surface area contributed by atoms with E-state index in [9.17, 15) is 26.7 Å². The predicted molar refractivity (Wildman–Crippen MR) is 114 cm³/mol. The van der Waals surface area contributed by atoms with Crippen molar-refractivity contribution in [2.75, 3.05) is 0 Å². The molecule has 5 nitrogen and oxygen atoms in total. The van der Waals surface area contributed by atoms with Crippen molar-refractivity contribution < 1.29 is 26.7 Å². The van der Waals surface area contributed by atoms with Crippen LogP contribution in [-0.2, 0) is 17.5 Å². The molecule has 4 aromatic rings. The Balaban J connectivity index is 1.67. The number of rotatable bonds is 5. The average molecular weight is 499 g/mol. The van der Waals surface area contributed by atoms with Crippen LogP contribution in [0.15, 0.2) is 48.5 Å². The molecule has 33 heavy (non-hydrogen) atoms. The maximum Gasteiger partial charge on any atom is 0.445 e. The third-order valence-corrected chi connectivity index (χ3v) is 5.71. The number of hydrogen-bond donors (Lipinski definition) is 1. The minimum absolute atomic E-state index is 0.00721. The van der Waals surface area contributed by atoms with Gasteiger partial charge in [0.25, 0.3) is 0 Å². The summed E-state index contributed by atoms with van der Waals surface area (Å²) in [6.07, 6.45) is -2.33. The Bertz CT molecular complexity index is 1360. The molecule has 0 spiro atoms. The summed E-state index contributed by atoms with van der Waals surface area (Å²) in [6.45, 7) is 0.108. The van der Waals surface area contributed by atoms with Crippen molar-refractivity contribution in [1.29, 1.82) is 0 Å². The molecule has 0 unspecified atom stereocenters. The molecule has 2 aromatic heterocycles. The van der Waals surface area contributed by atoms with Crippen molar-refractivity contribution in [1.82, 2.24) is 19.9 Å². The Morgan fingerprint density at radius 3 is 2.48 bits per heavy atom. The summed E-state index contributed by atoms with van der Waals surface area (Å²) >= 11 is 6.43. The van der Waals surface area contributed by atoms with Gasteiger partial charge in [0, 0.05) is 18.2 Å². The molecule has 12 heteroatoms. The van der Waals surface area contributed by atoms with Crippen LogP contribution in [0.3, 0.4) is 0 Å². The molecule has 0 saturated carbocycles. The molecule has 0 atom stereocenters. The molecular formula is C21H12ClF5N4OS. The standard InChI is InChI=1S/C21H12ClF5N4OS/c22-15-9-13(24)5-6-14(15)18-16(31-20(29-18)33-19(30-31)21(25,26)27)7-8-17(32)28-10-11-1-3-12(23)4-2-11/h1-9H,10H2,(H,28,32). The van der Waals surface area contributed by atoms with Crippen molar-refractivity contribution in [3.05, 3.63) is 81.5 Å². The van der Waals surface area contributed by atoms with Gasteiger partial charge in [0.15, 0.2) is 0 Å². The van der Waals surface area contributed by atoms with Crippen molar-refractivity contribution in [2.45, 2.75) is 12.7 Å². The number of nitrogens with zero attached hydrogens (tertiary/aromatic N) is 3. The zero-order chi connectivity index (χ0) is 23.8. The normalized spacial score (nSPS) is 12.1. The summed E-state index contributed by atoms with van der Waals surface area (Å²) in [6, 6.07) is 9.01. The second-order valence-electron chi connectivity index (χ2n) is 6.75. The number of aromatic nitrogens is 3. The Morgan fingerprint density at radius 1 is 1.12 bits per heavy atom. The zero-order valence-corrected chi connectivity index (χ0v) is 17.9. The summed E-state index contributed by atoms with van der Waals surface area (Å²) in [5, 5.41) is 5.03. The van der Waals surface area contributed by atoms with Crippen LogP contribution in [0.5, 0.6) is 0 Å². The third-order valence-electron chi connectivity index (χ3n) is 4.44. The first-order valence-electron chi connectivity index (χ1n) is 9.24. The Morgan fingerprint density at radius 2 is 1.82 bits per heavy atom. The van der Waals surface area contributed by atoms with E-state index in [1.165, 1.54) is 36.4 Å². The van der Waals surface area contributed by atoms with E-state index in [2.05, 4.69) is 15.4 Å². The number of alkyl halides is 3. The van der Waals surface area contributed by atoms with Gasteiger partial charge in [-0.2, -0.15) is 13.2 Å². The van der Waals surface area contributed by atoms with Crippen LogP contribution >= 0.6 is 22.9 Å². The number of halogens is 6. The van der Waals surface area contributed by atoms with Crippen LogP contribution in [0, 0.1) is 11.6 Å². The number of nitrogens with one attached hydrogen (secondary N) is 1. The zero-order valence-electron chi connectivity index (χ0n) is 16.3. The second kappa shape index (κ2) is 8.91. The summed E-state index contributed by atoms with van der Waals surface area (Å²) in [5.41, 5.74) is 1.10. The lowest BCUT2D eigenvalue weighted by molar-refractivity contribution is -0.138. The predicted octanol–water partition coefficient (Wildman–Crippen LogP) is 5.74. The molecular weight excluding hydrogens is 487 g/mol. The van der Waals surface area contributed by atoms with Gasteiger partial charge in [-0.1, -0.05) is 35.1 Å². The van der Waals surface area contributed by atoms with Crippen molar-refractivity contribution in [2.24, 2.45) is 0 Å². The number of carbonyl (C=O) groups is 1. The Labute approximate surface area is 192 Å². The van der Waals surface area contributed by atoms with Gasteiger partial charge < -0.3 is 5.32 Å². The maximum absolute atomic E-state index is 13.5. The molecule has 0 saturated heterocycles. The number of fused-ring (bicyclic) bond motifs is 1.